The number of benzene rings is 1. The van der Waals surface area contributed by atoms with E-state index >= 15 is 0 Å². The highest BCUT2D eigenvalue weighted by Gasteiger charge is 2.24. The van der Waals surface area contributed by atoms with Gasteiger partial charge in [0.05, 0.1) is 12.0 Å². The van der Waals surface area contributed by atoms with Gasteiger partial charge in [0.2, 0.25) is 0 Å². The number of fused-ring (bicyclic) bond motifs is 1. The van der Waals surface area contributed by atoms with Gasteiger partial charge in [-0.05, 0) is 24.3 Å². The lowest BCUT2D eigenvalue weighted by Crippen LogP contribution is -2.35. The Kier molecular flexibility index (Phi) is 2.65. The Hall–Kier alpha value is -1.68. The number of carbonyl (C=O) groups is 1. The summed E-state index contributed by atoms with van der Waals surface area (Å²) in [5.41, 5.74) is 0.977. The maximum absolute atomic E-state index is 12.2. The van der Waals surface area contributed by atoms with E-state index in [-0.39, 0.29) is 5.91 Å². The maximum atomic E-state index is 12.2. The second-order valence-corrected chi connectivity index (χ2v) is 4.89. The van der Waals surface area contributed by atoms with Gasteiger partial charge in [0.15, 0.2) is 5.76 Å². The summed E-state index contributed by atoms with van der Waals surface area (Å²) < 4.78 is 5.17. The van der Waals surface area contributed by atoms with Gasteiger partial charge < -0.3 is 9.32 Å². The van der Waals surface area contributed by atoms with Crippen LogP contribution >= 0.6 is 11.8 Å². The number of thioether (sulfide) groups is 1. The summed E-state index contributed by atoms with van der Waals surface area (Å²) in [7, 11) is 0. The van der Waals surface area contributed by atoms with Crippen LogP contribution in [0.3, 0.4) is 0 Å². The third-order valence-electron chi connectivity index (χ3n) is 2.71. The molecule has 0 saturated heterocycles. The van der Waals surface area contributed by atoms with Gasteiger partial charge in [-0.1, -0.05) is 12.1 Å². The minimum atomic E-state index is -0.0669. The summed E-state index contributed by atoms with van der Waals surface area (Å²) in [6, 6.07) is 11.4. The average molecular weight is 245 g/mol. The molecule has 0 saturated carbocycles. The molecule has 0 unspecified atom stereocenters. The first-order valence-electron chi connectivity index (χ1n) is 5.43. The van der Waals surface area contributed by atoms with Gasteiger partial charge in [-0.2, -0.15) is 0 Å². The monoisotopic (exact) mass is 245 g/mol. The summed E-state index contributed by atoms with van der Waals surface area (Å²) in [5, 5.41) is 0. The molecule has 0 N–H and O–H groups in total. The zero-order chi connectivity index (χ0) is 11.7. The fourth-order valence-electron chi connectivity index (χ4n) is 1.91. The molecule has 0 radical (unpaired) electrons. The van der Waals surface area contributed by atoms with Crippen molar-refractivity contribution >= 4 is 23.4 Å². The molecular formula is C13H11NO2S. The lowest BCUT2D eigenvalue weighted by molar-refractivity contribution is 0.0961. The molecule has 1 aliphatic heterocycles. The van der Waals surface area contributed by atoms with E-state index in [0.717, 1.165) is 22.9 Å². The molecule has 3 rings (SSSR count). The van der Waals surface area contributed by atoms with Crippen molar-refractivity contribution < 1.29 is 9.21 Å². The van der Waals surface area contributed by atoms with Crippen molar-refractivity contribution in [1.29, 1.82) is 0 Å². The van der Waals surface area contributed by atoms with E-state index in [1.54, 1.807) is 28.8 Å². The molecule has 0 aliphatic carbocycles. The Morgan fingerprint density at radius 1 is 1.24 bits per heavy atom. The van der Waals surface area contributed by atoms with Crippen molar-refractivity contribution in [2.24, 2.45) is 0 Å². The standard InChI is InChI=1S/C13H11NO2S/c15-13(11-5-3-8-16-11)14-7-9-17-12-6-2-1-4-10(12)14/h1-6,8H,7,9H2. The molecule has 1 amide bonds. The molecule has 4 heteroatoms. The van der Waals surface area contributed by atoms with Crippen LogP contribution < -0.4 is 4.90 Å². The van der Waals surface area contributed by atoms with Crippen LogP contribution in [0.2, 0.25) is 0 Å². The lowest BCUT2D eigenvalue weighted by Gasteiger charge is -2.28. The van der Waals surface area contributed by atoms with Crippen LogP contribution in [0.15, 0.2) is 52.0 Å². The molecule has 0 fully saturated rings. The molecule has 1 aliphatic rings. The summed E-state index contributed by atoms with van der Waals surface area (Å²) in [6.07, 6.45) is 1.53. The van der Waals surface area contributed by atoms with E-state index in [1.807, 2.05) is 24.3 Å². The molecule has 2 heterocycles. The van der Waals surface area contributed by atoms with Crippen LogP contribution in [-0.2, 0) is 0 Å². The third-order valence-corrected chi connectivity index (χ3v) is 3.75. The summed E-state index contributed by atoms with van der Waals surface area (Å²) in [5.74, 6) is 1.25. The molecular weight excluding hydrogens is 234 g/mol. The van der Waals surface area contributed by atoms with Crippen molar-refractivity contribution in [2.45, 2.75) is 4.90 Å². The number of rotatable bonds is 1. The average Bonchev–Trinajstić information content (AvgIpc) is 2.91. The van der Waals surface area contributed by atoms with Gasteiger partial charge in [0, 0.05) is 17.2 Å². The Bertz CT molecular complexity index is 536. The van der Waals surface area contributed by atoms with Gasteiger partial charge in [0.1, 0.15) is 0 Å². The van der Waals surface area contributed by atoms with Gasteiger partial charge in [-0.3, -0.25) is 4.79 Å². The zero-order valence-corrected chi connectivity index (χ0v) is 9.94. The second-order valence-electron chi connectivity index (χ2n) is 3.75. The van der Waals surface area contributed by atoms with Crippen molar-refractivity contribution in [2.75, 3.05) is 17.2 Å². The smallest absolute Gasteiger partial charge is 0.294 e. The number of hydrogen-bond acceptors (Lipinski definition) is 3. The van der Waals surface area contributed by atoms with E-state index in [9.17, 15) is 4.79 Å². The van der Waals surface area contributed by atoms with Crippen molar-refractivity contribution in [3.05, 3.63) is 48.4 Å². The molecule has 1 aromatic heterocycles. The van der Waals surface area contributed by atoms with Crippen LogP contribution in [0.1, 0.15) is 10.6 Å². The summed E-state index contributed by atoms with van der Waals surface area (Å²) in [6.45, 7) is 0.723. The van der Waals surface area contributed by atoms with Crippen molar-refractivity contribution in [3.8, 4) is 0 Å². The first-order chi connectivity index (χ1) is 8.36. The highest BCUT2D eigenvalue weighted by Crippen LogP contribution is 2.34. The predicted octanol–water partition coefficient (Wildman–Crippen LogP) is 3.03. The van der Waals surface area contributed by atoms with Gasteiger partial charge in [-0.25, -0.2) is 0 Å². The fraction of sp³-hybridized carbons (Fsp3) is 0.154. The molecule has 0 atom stereocenters. The van der Waals surface area contributed by atoms with E-state index in [4.69, 9.17) is 4.42 Å². The first-order valence-corrected chi connectivity index (χ1v) is 6.42. The normalized spacial score (nSPS) is 14.5. The fourth-order valence-corrected chi connectivity index (χ4v) is 2.91. The molecule has 86 valence electrons. The Morgan fingerprint density at radius 3 is 2.94 bits per heavy atom. The van der Waals surface area contributed by atoms with Gasteiger partial charge >= 0.3 is 0 Å². The summed E-state index contributed by atoms with van der Waals surface area (Å²) >= 11 is 1.78. The Morgan fingerprint density at radius 2 is 2.12 bits per heavy atom. The lowest BCUT2D eigenvalue weighted by atomic mass is 10.2. The molecule has 0 spiro atoms. The summed E-state index contributed by atoms with van der Waals surface area (Å²) in [4.78, 5) is 15.2. The predicted molar refractivity (Wildman–Crippen MR) is 67.6 cm³/mol. The molecule has 2 aromatic rings. The topological polar surface area (TPSA) is 33.5 Å². The van der Waals surface area contributed by atoms with Crippen LogP contribution in [0.4, 0.5) is 5.69 Å². The maximum Gasteiger partial charge on any atom is 0.294 e. The van der Waals surface area contributed by atoms with E-state index < -0.39 is 0 Å². The van der Waals surface area contributed by atoms with Crippen LogP contribution in [0.25, 0.3) is 0 Å². The SMILES string of the molecule is O=C(c1ccco1)N1CCSc2ccccc21. The van der Waals surface area contributed by atoms with Crippen LogP contribution in [0.5, 0.6) is 0 Å². The number of furan rings is 1. The minimum absolute atomic E-state index is 0.0669. The van der Waals surface area contributed by atoms with Crippen molar-refractivity contribution in [1.82, 2.24) is 0 Å². The van der Waals surface area contributed by atoms with Crippen molar-refractivity contribution in [3.63, 3.8) is 0 Å². The largest absolute Gasteiger partial charge is 0.459 e. The quantitative estimate of drug-likeness (QED) is 0.774. The Labute approximate surface area is 103 Å². The van der Waals surface area contributed by atoms with E-state index in [0.29, 0.717) is 5.76 Å². The Balaban J connectivity index is 1.98. The molecule has 0 bridgehead atoms. The first kappa shape index (κ1) is 10.5. The molecule has 17 heavy (non-hydrogen) atoms. The van der Waals surface area contributed by atoms with Crippen LogP contribution in [-0.4, -0.2) is 18.2 Å². The third kappa shape index (κ3) is 1.85. The number of anilines is 1. The van der Waals surface area contributed by atoms with Gasteiger partial charge in [-0.15, -0.1) is 11.8 Å². The zero-order valence-electron chi connectivity index (χ0n) is 9.13. The number of amides is 1. The molecule has 1 aromatic carbocycles. The number of carbonyl (C=O) groups excluding carboxylic acids is 1. The number of para-hydroxylation sites is 1. The highest BCUT2D eigenvalue weighted by atomic mass is 32.2. The second kappa shape index (κ2) is 4.30. The van der Waals surface area contributed by atoms with E-state index in [1.165, 1.54) is 6.26 Å². The van der Waals surface area contributed by atoms with Gasteiger partial charge in [0.25, 0.3) is 5.91 Å². The molecule has 3 nitrogen and oxygen atoms in total. The highest BCUT2D eigenvalue weighted by molar-refractivity contribution is 7.99. The van der Waals surface area contributed by atoms with E-state index in [2.05, 4.69) is 0 Å². The number of hydrogen-bond donors (Lipinski definition) is 0. The minimum Gasteiger partial charge on any atom is -0.459 e. The number of nitrogens with zero attached hydrogens (tertiary/aromatic N) is 1. The van der Waals surface area contributed by atoms with Crippen LogP contribution in [0, 0.1) is 0 Å².